The maximum absolute atomic E-state index is 12.5. The van der Waals surface area contributed by atoms with Gasteiger partial charge in [0.05, 0.1) is 12.2 Å². The molecule has 1 aromatic rings. The predicted octanol–water partition coefficient (Wildman–Crippen LogP) is -0.402. The van der Waals surface area contributed by atoms with Crippen LogP contribution in [0.3, 0.4) is 0 Å². The topological polar surface area (TPSA) is 114 Å². The molecule has 8 nitrogen and oxygen atoms in total. The van der Waals surface area contributed by atoms with Crippen LogP contribution in [-0.4, -0.2) is 55.6 Å². The highest BCUT2D eigenvalue weighted by Crippen LogP contribution is 2.36. The summed E-state index contributed by atoms with van der Waals surface area (Å²) in [5.41, 5.74) is 6.20. The monoisotopic (exact) mass is 335 g/mol. The number of hydrogen-bond acceptors (Lipinski definition) is 6. The first-order valence-electron chi connectivity index (χ1n) is 7.84. The quantitative estimate of drug-likeness (QED) is 0.692. The van der Waals surface area contributed by atoms with Crippen LogP contribution in [0.25, 0.3) is 0 Å². The van der Waals surface area contributed by atoms with Crippen molar-refractivity contribution in [1.82, 2.24) is 5.32 Å². The Balaban J connectivity index is 1.78. The number of carbonyl (C=O) groups is 2. The van der Waals surface area contributed by atoms with Crippen molar-refractivity contribution in [3.8, 4) is 5.75 Å². The van der Waals surface area contributed by atoms with E-state index >= 15 is 0 Å². The van der Waals surface area contributed by atoms with Crippen LogP contribution < -0.4 is 20.7 Å². The third kappa shape index (κ3) is 3.15. The molecule has 0 saturated carbocycles. The maximum atomic E-state index is 12.5. The van der Waals surface area contributed by atoms with Crippen LogP contribution in [-0.2, 0) is 9.53 Å². The van der Waals surface area contributed by atoms with Crippen molar-refractivity contribution < 1.29 is 24.2 Å². The van der Waals surface area contributed by atoms with E-state index in [2.05, 4.69) is 5.32 Å². The van der Waals surface area contributed by atoms with Crippen LogP contribution in [0.2, 0.25) is 0 Å². The lowest BCUT2D eigenvalue weighted by molar-refractivity contribution is -0.175. The van der Waals surface area contributed by atoms with Gasteiger partial charge in [-0.25, -0.2) is 0 Å². The minimum absolute atomic E-state index is 0.0391. The van der Waals surface area contributed by atoms with Crippen LogP contribution in [0.5, 0.6) is 5.75 Å². The van der Waals surface area contributed by atoms with E-state index in [0.29, 0.717) is 43.1 Å². The minimum Gasteiger partial charge on any atom is -0.449 e. The lowest BCUT2D eigenvalue weighted by atomic mass is 10.1. The minimum atomic E-state index is -1.99. The van der Waals surface area contributed by atoms with Crippen LogP contribution >= 0.6 is 0 Å². The molecule has 0 aromatic heterocycles. The number of fused-ring (bicyclic) bond motifs is 1. The maximum Gasteiger partial charge on any atom is 0.306 e. The van der Waals surface area contributed by atoms with Crippen LogP contribution in [0.4, 0.5) is 5.69 Å². The number of nitrogens with one attached hydrogen (secondary N) is 1. The largest absolute Gasteiger partial charge is 0.449 e. The van der Waals surface area contributed by atoms with Gasteiger partial charge < -0.3 is 30.5 Å². The van der Waals surface area contributed by atoms with Gasteiger partial charge in [0.25, 0.3) is 5.91 Å². The third-order valence-electron chi connectivity index (χ3n) is 4.30. The number of rotatable bonds is 3. The summed E-state index contributed by atoms with van der Waals surface area (Å²) in [5, 5.41) is 13.5. The average Bonchev–Trinajstić information content (AvgIpc) is 2.55. The molecule has 130 valence electrons. The zero-order chi connectivity index (χ0) is 17.3. The SMILES string of the molecule is CN1CC(O)(C(=O)NC2CCOCC2)Oc2ccc(C(N)=O)cc21. The van der Waals surface area contributed by atoms with Crippen molar-refractivity contribution in [2.75, 3.05) is 31.7 Å². The summed E-state index contributed by atoms with van der Waals surface area (Å²) in [6.45, 7) is 1.11. The van der Waals surface area contributed by atoms with E-state index in [9.17, 15) is 14.7 Å². The first-order valence-corrected chi connectivity index (χ1v) is 7.84. The number of benzene rings is 1. The number of ether oxygens (including phenoxy) is 2. The molecule has 2 aliphatic rings. The summed E-state index contributed by atoms with van der Waals surface area (Å²) < 4.78 is 10.8. The summed E-state index contributed by atoms with van der Waals surface area (Å²) in [4.78, 5) is 25.4. The molecule has 2 amide bonds. The van der Waals surface area contributed by atoms with Gasteiger partial charge in [-0.3, -0.25) is 9.59 Å². The molecule has 0 spiro atoms. The second-order valence-electron chi connectivity index (χ2n) is 6.15. The smallest absolute Gasteiger partial charge is 0.306 e. The highest BCUT2D eigenvalue weighted by molar-refractivity contribution is 5.94. The van der Waals surface area contributed by atoms with Crippen molar-refractivity contribution >= 4 is 17.5 Å². The fraction of sp³-hybridized carbons (Fsp3) is 0.500. The highest BCUT2D eigenvalue weighted by Gasteiger charge is 2.45. The van der Waals surface area contributed by atoms with Gasteiger partial charge in [-0.15, -0.1) is 0 Å². The van der Waals surface area contributed by atoms with Crippen molar-refractivity contribution in [2.45, 2.75) is 24.7 Å². The van der Waals surface area contributed by atoms with Crippen LogP contribution in [0.1, 0.15) is 23.2 Å². The lowest BCUT2D eigenvalue weighted by Crippen LogP contribution is -2.61. The predicted molar refractivity (Wildman–Crippen MR) is 85.8 cm³/mol. The van der Waals surface area contributed by atoms with E-state index in [4.69, 9.17) is 15.2 Å². The Morgan fingerprint density at radius 3 is 2.75 bits per heavy atom. The van der Waals surface area contributed by atoms with Gasteiger partial charge in [-0.05, 0) is 31.0 Å². The van der Waals surface area contributed by atoms with Gasteiger partial charge in [-0.2, -0.15) is 0 Å². The Labute approximate surface area is 139 Å². The van der Waals surface area contributed by atoms with Gasteiger partial charge in [0, 0.05) is 31.9 Å². The molecule has 24 heavy (non-hydrogen) atoms. The van der Waals surface area contributed by atoms with Gasteiger partial charge in [0.1, 0.15) is 5.75 Å². The Kier molecular flexibility index (Phi) is 4.33. The summed E-state index contributed by atoms with van der Waals surface area (Å²) in [7, 11) is 1.71. The molecule has 4 N–H and O–H groups in total. The molecule has 1 saturated heterocycles. The van der Waals surface area contributed by atoms with Gasteiger partial charge in [-0.1, -0.05) is 0 Å². The third-order valence-corrected chi connectivity index (χ3v) is 4.30. The Bertz CT molecular complexity index is 659. The Morgan fingerprint density at radius 1 is 1.38 bits per heavy atom. The lowest BCUT2D eigenvalue weighted by Gasteiger charge is -2.39. The van der Waals surface area contributed by atoms with E-state index < -0.39 is 17.6 Å². The van der Waals surface area contributed by atoms with Gasteiger partial charge >= 0.3 is 5.79 Å². The molecule has 3 rings (SSSR count). The molecule has 0 aliphatic carbocycles. The first kappa shape index (κ1) is 16.5. The van der Waals surface area contributed by atoms with Crippen molar-refractivity contribution in [3.05, 3.63) is 23.8 Å². The number of likely N-dealkylation sites (N-methyl/N-ethyl adjacent to an activating group) is 1. The number of amides is 2. The average molecular weight is 335 g/mol. The second-order valence-corrected chi connectivity index (χ2v) is 6.15. The van der Waals surface area contributed by atoms with E-state index in [1.165, 1.54) is 12.1 Å². The van der Waals surface area contributed by atoms with Gasteiger partial charge in [0.15, 0.2) is 0 Å². The second kappa shape index (κ2) is 6.29. The van der Waals surface area contributed by atoms with Crippen molar-refractivity contribution in [2.24, 2.45) is 5.73 Å². The summed E-state index contributed by atoms with van der Waals surface area (Å²) in [5.74, 6) is -2.80. The molecule has 1 aromatic carbocycles. The Hall–Kier alpha value is -2.32. The molecule has 8 heteroatoms. The molecule has 2 heterocycles. The first-order chi connectivity index (χ1) is 11.4. The molecule has 1 fully saturated rings. The molecule has 0 bridgehead atoms. The fourth-order valence-corrected chi connectivity index (χ4v) is 2.93. The van der Waals surface area contributed by atoms with Crippen molar-refractivity contribution in [1.29, 1.82) is 0 Å². The fourth-order valence-electron chi connectivity index (χ4n) is 2.93. The Morgan fingerprint density at radius 2 is 2.08 bits per heavy atom. The molecule has 1 unspecified atom stereocenters. The van der Waals surface area contributed by atoms with E-state index in [0.717, 1.165) is 0 Å². The van der Waals surface area contributed by atoms with Gasteiger partial charge in [0.2, 0.25) is 5.91 Å². The number of carbonyl (C=O) groups excluding carboxylic acids is 2. The summed E-state index contributed by atoms with van der Waals surface area (Å²) >= 11 is 0. The molecule has 1 atom stereocenters. The van der Waals surface area contributed by atoms with E-state index in [1.807, 2.05) is 0 Å². The van der Waals surface area contributed by atoms with E-state index in [-0.39, 0.29) is 12.6 Å². The highest BCUT2D eigenvalue weighted by atomic mass is 16.6. The number of hydrogen-bond donors (Lipinski definition) is 3. The molecule has 2 aliphatic heterocycles. The summed E-state index contributed by atoms with van der Waals surface area (Å²) in [6.07, 6.45) is 1.41. The standard InChI is InChI=1S/C16H21N3O5/c1-19-9-16(22,15(21)18-11-4-6-23-7-5-11)24-13-3-2-10(14(17)20)8-12(13)19/h2-3,8,11,22H,4-7,9H2,1H3,(H2,17,20)(H,18,21). The van der Waals surface area contributed by atoms with Crippen LogP contribution in [0.15, 0.2) is 18.2 Å². The number of anilines is 1. The number of nitrogens with zero attached hydrogens (tertiary/aromatic N) is 1. The van der Waals surface area contributed by atoms with Crippen LogP contribution in [0, 0.1) is 0 Å². The van der Waals surface area contributed by atoms with Crippen molar-refractivity contribution in [3.63, 3.8) is 0 Å². The van der Waals surface area contributed by atoms with E-state index in [1.54, 1.807) is 18.0 Å². The molecular weight excluding hydrogens is 314 g/mol. The number of β-amino-alcohol motifs (C(OH)–C–C–N with tert-alkyl or cyclic N) is 1. The zero-order valence-corrected chi connectivity index (χ0v) is 13.4. The molecular formula is C16H21N3O5. The number of nitrogens with two attached hydrogens (primary N) is 1. The molecule has 0 radical (unpaired) electrons. The normalized spacial score (nSPS) is 24.0. The zero-order valence-electron chi connectivity index (χ0n) is 13.4. The number of aliphatic hydroxyl groups is 1. The summed E-state index contributed by atoms with van der Waals surface area (Å²) in [6, 6.07) is 4.56. The number of primary amides is 1.